The fraction of sp³-hybridized carbons (Fsp3) is 0.500. The Kier molecular flexibility index (Phi) is 7.18. The molecule has 0 atom stereocenters. The van der Waals surface area contributed by atoms with Gasteiger partial charge >= 0.3 is 0 Å². The van der Waals surface area contributed by atoms with Crippen LogP contribution in [0.25, 0.3) is 0 Å². The summed E-state index contributed by atoms with van der Waals surface area (Å²) in [5.74, 6) is 0. The number of benzene rings is 1. The number of nitrogens with one attached hydrogen (secondary N) is 1. The molecule has 1 N–H and O–H groups in total. The minimum atomic E-state index is 0. The van der Waals surface area contributed by atoms with E-state index in [1.165, 1.54) is 17.7 Å². The van der Waals surface area contributed by atoms with Crippen molar-refractivity contribution in [2.24, 2.45) is 0 Å². The Balaban J connectivity index is 0.00000196. The molecule has 0 aliphatic rings. The van der Waals surface area contributed by atoms with Crippen LogP contribution in [0.4, 0.5) is 5.69 Å². The smallest absolute Gasteiger partial charge is 0.0361 e. The van der Waals surface area contributed by atoms with E-state index >= 15 is 0 Å². The van der Waals surface area contributed by atoms with E-state index in [4.69, 9.17) is 0 Å². The predicted molar refractivity (Wildman–Crippen MR) is 70.0 cm³/mol. The van der Waals surface area contributed by atoms with Crippen LogP contribution in [0.15, 0.2) is 24.3 Å². The Labute approximate surface area is 99.1 Å². The maximum absolute atomic E-state index is 3.39. The van der Waals surface area contributed by atoms with E-state index in [0.29, 0.717) is 0 Å². The van der Waals surface area contributed by atoms with Gasteiger partial charge in [0.2, 0.25) is 0 Å². The van der Waals surface area contributed by atoms with Crippen LogP contribution in [-0.2, 0) is 6.54 Å². The average Bonchev–Trinajstić information content (AvgIpc) is 2.19. The van der Waals surface area contributed by atoms with Crippen molar-refractivity contribution in [2.45, 2.75) is 19.9 Å². The van der Waals surface area contributed by atoms with Gasteiger partial charge < -0.3 is 10.2 Å². The van der Waals surface area contributed by atoms with Crippen LogP contribution < -0.4 is 10.2 Å². The molecule has 0 radical (unpaired) electrons. The minimum Gasteiger partial charge on any atom is -0.378 e. The van der Waals surface area contributed by atoms with Crippen LogP contribution in [0.3, 0.4) is 0 Å². The fourth-order valence-corrected chi connectivity index (χ4v) is 1.32. The molecule has 0 unspecified atom stereocenters. The SMILES string of the molecule is CCCNCc1ccc(N(C)C)cc1.Cl. The van der Waals surface area contributed by atoms with E-state index in [1.807, 2.05) is 0 Å². The van der Waals surface area contributed by atoms with Gasteiger partial charge in [-0.3, -0.25) is 0 Å². The molecule has 0 saturated heterocycles. The minimum absolute atomic E-state index is 0. The number of anilines is 1. The van der Waals surface area contributed by atoms with Crippen molar-refractivity contribution < 1.29 is 0 Å². The summed E-state index contributed by atoms with van der Waals surface area (Å²) in [5.41, 5.74) is 2.60. The standard InChI is InChI=1S/C12H20N2.ClH/c1-4-9-13-10-11-5-7-12(8-6-11)14(2)3;/h5-8,13H,4,9-10H2,1-3H3;1H. The molecular weight excluding hydrogens is 208 g/mol. The molecule has 15 heavy (non-hydrogen) atoms. The number of halogens is 1. The first kappa shape index (κ1) is 14.3. The van der Waals surface area contributed by atoms with Crippen molar-refractivity contribution in [3.05, 3.63) is 29.8 Å². The molecule has 86 valence electrons. The van der Waals surface area contributed by atoms with E-state index in [1.54, 1.807) is 0 Å². The highest BCUT2D eigenvalue weighted by atomic mass is 35.5. The van der Waals surface area contributed by atoms with Gasteiger partial charge in [0.05, 0.1) is 0 Å². The molecular formula is C12H21ClN2. The van der Waals surface area contributed by atoms with Crippen LogP contribution in [0, 0.1) is 0 Å². The molecule has 1 aromatic carbocycles. The Hall–Kier alpha value is -0.730. The number of rotatable bonds is 5. The molecule has 2 nitrogen and oxygen atoms in total. The maximum atomic E-state index is 3.39. The Morgan fingerprint density at radius 3 is 2.20 bits per heavy atom. The Morgan fingerprint density at radius 1 is 1.13 bits per heavy atom. The topological polar surface area (TPSA) is 15.3 Å². The van der Waals surface area contributed by atoms with Crippen LogP contribution >= 0.6 is 12.4 Å². The number of hydrogen-bond acceptors (Lipinski definition) is 2. The summed E-state index contributed by atoms with van der Waals surface area (Å²) in [6.45, 7) is 4.25. The second-order valence-electron chi connectivity index (χ2n) is 3.74. The molecule has 0 aliphatic heterocycles. The van der Waals surface area contributed by atoms with E-state index in [9.17, 15) is 0 Å². The molecule has 0 bridgehead atoms. The number of nitrogens with zero attached hydrogens (tertiary/aromatic N) is 1. The van der Waals surface area contributed by atoms with Crippen molar-refractivity contribution in [3.63, 3.8) is 0 Å². The van der Waals surface area contributed by atoms with E-state index in [-0.39, 0.29) is 12.4 Å². The lowest BCUT2D eigenvalue weighted by Gasteiger charge is -2.12. The van der Waals surface area contributed by atoms with Gasteiger partial charge in [-0.1, -0.05) is 19.1 Å². The highest BCUT2D eigenvalue weighted by Gasteiger charge is 1.95. The molecule has 0 amide bonds. The molecule has 0 aromatic heterocycles. The first-order valence-corrected chi connectivity index (χ1v) is 5.21. The average molecular weight is 229 g/mol. The summed E-state index contributed by atoms with van der Waals surface area (Å²) in [6.07, 6.45) is 1.19. The monoisotopic (exact) mass is 228 g/mol. The summed E-state index contributed by atoms with van der Waals surface area (Å²) in [7, 11) is 4.12. The van der Waals surface area contributed by atoms with Crippen molar-refractivity contribution in [1.82, 2.24) is 5.32 Å². The van der Waals surface area contributed by atoms with Gasteiger partial charge in [0.1, 0.15) is 0 Å². The summed E-state index contributed by atoms with van der Waals surface area (Å²) in [6, 6.07) is 8.67. The molecule has 0 heterocycles. The van der Waals surface area contributed by atoms with Crippen molar-refractivity contribution in [3.8, 4) is 0 Å². The zero-order chi connectivity index (χ0) is 10.4. The van der Waals surface area contributed by atoms with Gasteiger partial charge in [-0.05, 0) is 30.7 Å². The van der Waals surface area contributed by atoms with Gasteiger partial charge in [-0.15, -0.1) is 12.4 Å². The third-order valence-electron chi connectivity index (χ3n) is 2.21. The lowest BCUT2D eigenvalue weighted by atomic mass is 10.2. The molecule has 0 fully saturated rings. The van der Waals surface area contributed by atoms with Crippen LogP contribution in [-0.4, -0.2) is 20.6 Å². The van der Waals surface area contributed by atoms with Crippen molar-refractivity contribution in [1.29, 1.82) is 0 Å². The normalized spacial score (nSPS) is 9.53. The Bertz CT molecular complexity index is 257. The van der Waals surface area contributed by atoms with E-state index in [2.05, 4.69) is 55.5 Å². The third-order valence-corrected chi connectivity index (χ3v) is 2.21. The van der Waals surface area contributed by atoms with Gasteiger partial charge in [-0.2, -0.15) is 0 Å². The van der Waals surface area contributed by atoms with Crippen LogP contribution in [0.5, 0.6) is 0 Å². The van der Waals surface area contributed by atoms with Crippen LogP contribution in [0.2, 0.25) is 0 Å². The van der Waals surface area contributed by atoms with Crippen molar-refractivity contribution in [2.75, 3.05) is 25.5 Å². The van der Waals surface area contributed by atoms with Gasteiger partial charge in [0.25, 0.3) is 0 Å². The second-order valence-corrected chi connectivity index (χ2v) is 3.74. The zero-order valence-electron chi connectivity index (χ0n) is 9.79. The quantitative estimate of drug-likeness (QED) is 0.780. The molecule has 0 saturated carbocycles. The first-order chi connectivity index (χ1) is 6.74. The summed E-state index contributed by atoms with van der Waals surface area (Å²) in [4.78, 5) is 2.11. The highest BCUT2D eigenvalue weighted by Crippen LogP contribution is 2.11. The Morgan fingerprint density at radius 2 is 1.73 bits per heavy atom. The zero-order valence-corrected chi connectivity index (χ0v) is 10.6. The van der Waals surface area contributed by atoms with Gasteiger partial charge in [0, 0.05) is 26.3 Å². The van der Waals surface area contributed by atoms with Crippen molar-refractivity contribution >= 4 is 18.1 Å². The van der Waals surface area contributed by atoms with Gasteiger partial charge in [0.15, 0.2) is 0 Å². The van der Waals surface area contributed by atoms with Crippen LogP contribution in [0.1, 0.15) is 18.9 Å². The van der Waals surface area contributed by atoms with Gasteiger partial charge in [-0.25, -0.2) is 0 Å². The maximum Gasteiger partial charge on any atom is 0.0361 e. The molecule has 3 heteroatoms. The lowest BCUT2D eigenvalue weighted by molar-refractivity contribution is 0.675. The summed E-state index contributed by atoms with van der Waals surface area (Å²) >= 11 is 0. The second kappa shape index (κ2) is 7.55. The molecule has 1 rings (SSSR count). The largest absolute Gasteiger partial charge is 0.378 e. The molecule has 0 spiro atoms. The predicted octanol–water partition coefficient (Wildman–Crippen LogP) is 2.67. The van der Waals surface area contributed by atoms with E-state index in [0.717, 1.165) is 13.1 Å². The third kappa shape index (κ3) is 5.05. The number of hydrogen-bond donors (Lipinski definition) is 1. The molecule has 1 aromatic rings. The van der Waals surface area contributed by atoms with E-state index < -0.39 is 0 Å². The fourth-order valence-electron chi connectivity index (χ4n) is 1.32. The lowest BCUT2D eigenvalue weighted by Crippen LogP contribution is -2.14. The molecule has 0 aliphatic carbocycles. The summed E-state index contributed by atoms with van der Waals surface area (Å²) in [5, 5.41) is 3.39. The highest BCUT2D eigenvalue weighted by molar-refractivity contribution is 5.85. The first-order valence-electron chi connectivity index (χ1n) is 5.21. The summed E-state index contributed by atoms with van der Waals surface area (Å²) < 4.78 is 0.